The minimum atomic E-state index is -0.642. The number of halogens is 10. The average molecular weight is 1900 g/mol. The number of hydrogen-bond donors (Lipinski definition) is 14. The number of β-amino-alcohol motifs (C(OH)–C–C–N with tert-alkyl or cyclic N) is 4. The maximum Gasteiger partial charge on any atom is 0.152 e. The number of nitrogens with two attached hydrogens (primary N) is 10. The first-order valence-electron chi connectivity index (χ1n) is 40.3. The van der Waals surface area contributed by atoms with Gasteiger partial charge in [0.2, 0.25) is 0 Å². The van der Waals surface area contributed by atoms with Gasteiger partial charge in [0.25, 0.3) is 0 Å². The molecule has 24 N–H and O–H groups in total. The zero-order valence-electron chi connectivity index (χ0n) is 69.3. The molecule has 39 heteroatoms. The predicted molar refractivity (Wildman–Crippen MR) is 508 cm³/mol. The summed E-state index contributed by atoms with van der Waals surface area (Å²) >= 11 is 61.5. The van der Waals surface area contributed by atoms with Crippen molar-refractivity contribution in [1.82, 2.24) is 49.8 Å². The molecule has 664 valence electrons. The fourth-order valence-corrected chi connectivity index (χ4v) is 17.0. The molecular weight excluding hydrogens is 1790 g/mol. The van der Waals surface area contributed by atoms with Gasteiger partial charge in [0.05, 0.1) is 106 Å². The van der Waals surface area contributed by atoms with Crippen LogP contribution >= 0.6 is 116 Å². The molecule has 0 bridgehead atoms. The van der Waals surface area contributed by atoms with E-state index in [1.54, 1.807) is 110 Å². The van der Waals surface area contributed by atoms with Gasteiger partial charge in [-0.2, -0.15) is 0 Å². The highest BCUT2D eigenvalue weighted by molar-refractivity contribution is 6.46. The summed E-state index contributed by atoms with van der Waals surface area (Å²) in [6, 6.07) is 26.5. The van der Waals surface area contributed by atoms with Crippen molar-refractivity contribution in [1.29, 1.82) is 0 Å². The number of aliphatic hydroxyl groups excluding tert-OH is 4. The van der Waals surface area contributed by atoms with Crippen LogP contribution in [0.5, 0.6) is 0 Å². The third-order valence-electron chi connectivity index (χ3n) is 24.0. The number of hydrogen-bond acceptors (Lipinski definition) is 29. The molecule has 5 aliphatic heterocycles. The minimum absolute atomic E-state index is 0.257. The normalized spacial score (nSPS) is 22.4. The second-order valence-electron chi connectivity index (χ2n) is 32.8. The first-order chi connectivity index (χ1) is 58.8. The number of nitrogens with zero attached hydrogens (tertiary/aromatic N) is 15. The van der Waals surface area contributed by atoms with Crippen molar-refractivity contribution >= 4 is 174 Å². The number of aliphatic hydroxyl groups is 4. The van der Waals surface area contributed by atoms with Crippen LogP contribution in [0.3, 0.4) is 0 Å². The Bertz CT molecular complexity index is 5140. The maximum atomic E-state index is 10.4. The van der Waals surface area contributed by atoms with E-state index >= 15 is 0 Å². The lowest BCUT2D eigenvalue weighted by Gasteiger charge is -2.43. The van der Waals surface area contributed by atoms with Crippen molar-refractivity contribution < 1.29 is 20.4 Å². The van der Waals surface area contributed by atoms with Crippen LogP contribution in [-0.2, 0) is 0 Å². The molecule has 5 aromatic heterocycles. The van der Waals surface area contributed by atoms with E-state index in [1.807, 2.05) is 59.4 Å². The van der Waals surface area contributed by atoms with E-state index in [1.165, 1.54) is 12.8 Å². The quantitative estimate of drug-likeness (QED) is 0.0453. The van der Waals surface area contributed by atoms with Crippen LogP contribution in [0, 0.1) is 16.2 Å². The number of piperidine rings is 5. The van der Waals surface area contributed by atoms with Crippen molar-refractivity contribution in [2.24, 2.45) is 44.9 Å². The molecule has 0 radical (unpaired) electrons. The Hall–Kier alpha value is -7.96. The van der Waals surface area contributed by atoms with E-state index in [9.17, 15) is 20.4 Å². The molecule has 0 spiro atoms. The summed E-state index contributed by atoms with van der Waals surface area (Å²) in [7, 11) is 0. The van der Waals surface area contributed by atoms with Gasteiger partial charge in [0.1, 0.15) is 57.6 Å². The van der Waals surface area contributed by atoms with E-state index in [-0.39, 0.29) is 39.5 Å². The van der Waals surface area contributed by atoms with Gasteiger partial charge in [-0.25, -0.2) is 49.8 Å². The smallest absolute Gasteiger partial charge is 0.152 e. The number of nitrogen functional groups attached to an aromatic ring is 5. The summed E-state index contributed by atoms with van der Waals surface area (Å²) < 4.78 is 0. The summed E-state index contributed by atoms with van der Waals surface area (Å²) in [6.07, 6.45) is 13.3. The SMILES string of the molecule is CCCC1(CN)CCN(c2cnc(-c3cccc(Cl)c3Cl)c(N)n2)CC1.C[C@@]1(CN)CCN(c2cnc(-c3cccc(Cl)c3Cl)c(N)n2)C[C@@H]1O.C[C@@]1(N)CCN(c2cnc(-c3cccc(Cl)c3Cl)c(N)n2)C[C@H]1O.C[C@]1(CN)CCN(c2cnc(-c3cccc(Cl)c3Cl)c(N)n2)C[C@H]1O.C[C@]1(N)CCN(c2cnc(-c3cccc(Cl)c3Cl)c(N)n2)C[C@@H]1O. The first-order valence-corrected chi connectivity index (χ1v) is 44.1. The molecule has 0 amide bonds. The Kier molecular flexibility index (Phi) is 32.3. The Labute approximate surface area is 771 Å². The largest absolute Gasteiger partial charge is 0.391 e. The summed E-state index contributed by atoms with van der Waals surface area (Å²) in [5.74, 6) is 4.65. The number of anilines is 10. The number of rotatable bonds is 15. The Balaban J connectivity index is 0.000000151. The first kappa shape index (κ1) is 96.7. The number of aromatic nitrogens is 10. The predicted octanol–water partition coefficient (Wildman–Crippen LogP) is 14.2. The molecule has 5 aliphatic rings. The Morgan fingerprint density at radius 1 is 0.331 bits per heavy atom. The van der Waals surface area contributed by atoms with Gasteiger partial charge in [0.15, 0.2) is 29.1 Å². The van der Waals surface area contributed by atoms with Crippen LogP contribution in [-0.4, -0.2) is 191 Å². The molecule has 5 fully saturated rings. The van der Waals surface area contributed by atoms with Crippen LogP contribution in [0.1, 0.15) is 86.0 Å². The Morgan fingerprint density at radius 3 is 0.766 bits per heavy atom. The zero-order chi connectivity index (χ0) is 90.1. The van der Waals surface area contributed by atoms with Crippen LogP contribution in [0.15, 0.2) is 122 Å². The van der Waals surface area contributed by atoms with Gasteiger partial charge < -0.3 is 102 Å². The minimum Gasteiger partial charge on any atom is -0.391 e. The summed E-state index contributed by atoms with van der Waals surface area (Å²) in [5.41, 5.74) is 64.6. The van der Waals surface area contributed by atoms with E-state index in [0.29, 0.717) is 201 Å². The second-order valence-corrected chi connectivity index (χ2v) is 36.8. The van der Waals surface area contributed by atoms with E-state index in [4.69, 9.17) is 173 Å². The summed E-state index contributed by atoms with van der Waals surface area (Å²) in [5, 5.41) is 45.3. The van der Waals surface area contributed by atoms with Gasteiger partial charge in [-0.05, 0) is 101 Å². The van der Waals surface area contributed by atoms with Crippen molar-refractivity contribution in [3.63, 3.8) is 0 Å². The molecule has 15 rings (SSSR count). The van der Waals surface area contributed by atoms with Gasteiger partial charge in [-0.1, -0.05) is 204 Å². The van der Waals surface area contributed by atoms with E-state index in [2.05, 4.69) is 61.7 Å². The lowest BCUT2D eigenvalue weighted by molar-refractivity contribution is 0.0277. The second kappa shape index (κ2) is 41.4. The lowest BCUT2D eigenvalue weighted by Crippen LogP contribution is -2.59. The molecule has 0 unspecified atom stereocenters. The van der Waals surface area contributed by atoms with Crippen LogP contribution < -0.4 is 81.8 Å². The lowest BCUT2D eigenvalue weighted by atomic mass is 9.75. The molecule has 0 aliphatic carbocycles. The van der Waals surface area contributed by atoms with Gasteiger partial charge in [0, 0.05) is 128 Å². The third kappa shape index (κ3) is 22.2. The van der Waals surface area contributed by atoms with Gasteiger partial charge >= 0.3 is 0 Å². The molecule has 10 heterocycles. The van der Waals surface area contributed by atoms with Crippen molar-refractivity contribution in [3.05, 3.63) is 172 Å². The summed E-state index contributed by atoms with van der Waals surface area (Å²) in [4.78, 5) is 54.5. The molecule has 0 saturated carbocycles. The monoisotopic (exact) mass is 1890 g/mol. The van der Waals surface area contributed by atoms with Gasteiger partial charge in [-0.15, -0.1) is 0 Å². The Morgan fingerprint density at radius 2 is 0.556 bits per heavy atom. The highest BCUT2D eigenvalue weighted by atomic mass is 35.5. The molecule has 5 saturated heterocycles. The highest BCUT2D eigenvalue weighted by Crippen LogP contribution is 2.44. The van der Waals surface area contributed by atoms with Gasteiger partial charge in [-0.3, -0.25) is 0 Å². The molecular formula is C85H105Cl10N25O4. The average Bonchev–Trinajstić information content (AvgIpc) is 0.799. The fraction of sp³-hybridized carbons (Fsp3) is 0.412. The highest BCUT2D eigenvalue weighted by Gasteiger charge is 2.42. The molecule has 29 nitrogen and oxygen atoms in total. The number of benzene rings is 5. The summed E-state index contributed by atoms with van der Waals surface area (Å²) in [6.45, 7) is 17.9. The van der Waals surface area contributed by atoms with E-state index in [0.717, 1.165) is 64.2 Å². The molecule has 8 atom stereocenters. The zero-order valence-corrected chi connectivity index (χ0v) is 76.8. The van der Waals surface area contributed by atoms with Crippen LogP contribution in [0.4, 0.5) is 58.2 Å². The molecule has 5 aromatic carbocycles. The van der Waals surface area contributed by atoms with E-state index < -0.39 is 35.5 Å². The topological polar surface area (TPSA) is 486 Å². The van der Waals surface area contributed by atoms with Crippen molar-refractivity contribution in [2.75, 3.05) is 138 Å². The van der Waals surface area contributed by atoms with Crippen molar-refractivity contribution in [3.8, 4) is 56.3 Å². The standard InChI is InChI=1S/C19H25Cl2N5.2C17H21Cl2N5O.2C16H19Cl2N5O/c1-2-6-19(12-22)7-9-26(10-8-19)15-11-24-17(18(23)25-15)13-4-3-5-14(20)16(13)21;2*1-17(9-20)5-6-24(8-12(17)25)13-7-22-15(16(21)23-13)10-3-2-4-11(18)14(10)19;2*1-16(20)5-6-23(8-11(16)24)12-7-21-14(15(19)22-12)9-3-2-4-10(17)13(9)18/h3-5,11H,2,6-10,12,22H2,1H3,(H2,23,25);2*2-4,7,12,25H,5-6,8-9,20H2,1H3,(H2,21,23);2*2-4,7,11,24H,5-6,8,20H2,1H3,(H2,19,22)/t;2*12-,17-;2*11-,16-/m.1010/s1. The van der Waals surface area contributed by atoms with Crippen LogP contribution in [0.25, 0.3) is 56.3 Å². The molecule has 10 aromatic rings. The molecule has 124 heavy (non-hydrogen) atoms. The maximum absolute atomic E-state index is 10.4. The van der Waals surface area contributed by atoms with Crippen molar-refractivity contribution in [2.45, 2.75) is 121 Å². The van der Waals surface area contributed by atoms with Crippen LogP contribution in [0.2, 0.25) is 50.2 Å². The third-order valence-corrected chi connectivity index (χ3v) is 28.1. The fourth-order valence-electron chi connectivity index (χ4n) is 15.1.